The number of aromatic nitrogens is 2. The molecular formula is C11H16N4O3S. The number of anilines is 1. The number of carbonyl (C=O) groups is 1. The number of nitrogens with zero attached hydrogens (tertiary/aromatic N) is 2. The van der Waals surface area contributed by atoms with Gasteiger partial charge in [-0.25, -0.2) is 13.6 Å². The third-order valence-electron chi connectivity index (χ3n) is 2.33. The molecule has 0 aliphatic carbocycles. The van der Waals surface area contributed by atoms with Gasteiger partial charge in [0.1, 0.15) is 4.90 Å². The zero-order valence-corrected chi connectivity index (χ0v) is 11.4. The van der Waals surface area contributed by atoms with E-state index in [9.17, 15) is 13.2 Å². The van der Waals surface area contributed by atoms with Crippen molar-refractivity contribution >= 4 is 21.7 Å². The maximum atomic E-state index is 11.6. The largest absolute Gasteiger partial charge is 0.308 e. The van der Waals surface area contributed by atoms with E-state index in [4.69, 9.17) is 11.6 Å². The Morgan fingerprint density at radius 3 is 2.84 bits per heavy atom. The monoisotopic (exact) mass is 284 g/mol. The fourth-order valence-corrected chi connectivity index (χ4v) is 2.13. The van der Waals surface area contributed by atoms with E-state index in [0.29, 0.717) is 12.8 Å². The molecule has 1 heterocycles. The summed E-state index contributed by atoms with van der Waals surface area (Å²) in [6, 6.07) is 0. The maximum absolute atomic E-state index is 11.6. The van der Waals surface area contributed by atoms with Crippen molar-refractivity contribution in [1.82, 2.24) is 9.78 Å². The zero-order valence-electron chi connectivity index (χ0n) is 10.6. The average Bonchev–Trinajstić information content (AvgIpc) is 2.65. The van der Waals surface area contributed by atoms with Crippen LogP contribution >= 0.6 is 0 Å². The molecule has 0 atom stereocenters. The summed E-state index contributed by atoms with van der Waals surface area (Å²) < 4.78 is 23.9. The molecule has 0 fully saturated rings. The van der Waals surface area contributed by atoms with Crippen molar-refractivity contribution < 1.29 is 13.2 Å². The highest BCUT2D eigenvalue weighted by atomic mass is 32.2. The molecule has 0 saturated heterocycles. The summed E-state index contributed by atoms with van der Waals surface area (Å²) in [6.07, 6.45) is 8.57. The molecule has 0 aliphatic heterocycles. The molecular weight excluding hydrogens is 268 g/mol. The Kier molecular flexibility index (Phi) is 5.09. The van der Waals surface area contributed by atoms with Crippen LogP contribution in [0.1, 0.15) is 25.7 Å². The molecule has 0 bridgehead atoms. The van der Waals surface area contributed by atoms with Gasteiger partial charge in [-0.3, -0.25) is 9.48 Å². The normalized spacial score (nSPS) is 11.0. The summed E-state index contributed by atoms with van der Waals surface area (Å²) in [5.74, 6) is 2.11. The zero-order chi connectivity index (χ0) is 14.5. The Labute approximate surface area is 112 Å². The molecule has 1 rings (SSSR count). The summed E-state index contributed by atoms with van der Waals surface area (Å²) >= 11 is 0. The predicted octanol–water partition coefficient (Wildman–Crippen LogP) is 0.200. The molecule has 0 saturated carbocycles. The van der Waals surface area contributed by atoms with E-state index in [0.717, 1.165) is 6.42 Å². The third kappa shape index (κ3) is 4.73. The molecule has 104 valence electrons. The second-order valence-electron chi connectivity index (χ2n) is 4.02. The van der Waals surface area contributed by atoms with Crippen molar-refractivity contribution in [1.29, 1.82) is 0 Å². The fraction of sp³-hybridized carbons (Fsp3) is 0.455. The number of sulfonamides is 1. The lowest BCUT2D eigenvalue weighted by Crippen LogP contribution is -2.17. The van der Waals surface area contributed by atoms with Crippen molar-refractivity contribution in [3.63, 3.8) is 0 Å². The van der Waals surface area contributed by atoms with E-state index < -0.39 is 10.0 Å². The van der Waals surface area contributed by atoms with Crippen molar-refractivity contribution in [2.24, 2.45) is 12.2 Å². The number of carbonyl (C=O) groups excluding carboxylic acids is 1. The summed E-state index contributed by atoms with van der Waals surface area (Å²) in [5, 5.41) is 11.3. The number of hydrogen-bond donors (Lipinski definition) is 2. The standard InChI is InChI=1S/C11H16N4O3S/c1-3-4-5-6-7-10(16)13-11-9(19(12,17)18)8-15(2)14-11/h1,8H,4-7H2,2H3,(H2,12,17,18)(H,13,14,16). The molecule has 0 unspecified atom stereocenters. The summed E-state index contributed by atoms with van der Waals surface area (Å²) in [5.41, 5.74) is 0. The Morgan fingerprint density at radius 1 is 1.58 bits per heavy atom. The lowest BCUT2D eigenvalue weighted by molar-refractivity contribution is -0.116. The van der Waals surface area contributed by atoms with Crippen LogP contribution in [-0.2, 0) is 21.9 Å². The Bertz CT molecular complexity index is 598. The van der Waals surface area contributed by atoms with Crippen molar-refractivity contribution in [2.75, 3.05) is 5.32 Å². The number of aryl methyl sites for hydroxylation is 1. The van der Waals surface area contributed by atoms with Gasteiger partial charge in [-0.1, -0.05) is 0 Å². The lowest BCUT2D eigenvalue weighted by atomic mass is 10.2. The number of hydrogen-bond acceptors (Lipinski definition) is 4. The van der Waals surface area contributed by atoms with Crippen LogP contribution in [0.15, 0.2) is 11.1 Å². The first-order valence-electron chi connectivity index (χ1n) is 5.64. The Morgan fingerprint density at radius 2 is 2.26 bits per heavy atom. The number of rotatable bonds is 6. The Hall–Kier alpha value is -1.85. The van der Waals surface area contributed by atoms with Crippen LogP contribution in [0.3, 0.4) is 0 Å². The smallest absolute Gasteiger partial charge is 0.243 e. The topological polar surface area (TPSA) is 107 Å². The number of unbranched alkanes of at least 4 members (excludes halogenated alkanes) is 2. The van der Waals surface area contributed by atoms with E-state index in [1.165, 1.54) is 17.9 Å². The van der Waals surface area contributed by atoms with Gasteiger partial charge in [0, 0.05) is 26.1 Å². The molecule has 19 heavy (non-hydrogen) atoms. The van der Waals surface area contributed by atoms with E-state index in [1.807, 2.05) is 0 Å². The predicted molar refractivity (Wildman–Crippen MR) is 70.5 cm³/mol. The van der Waals surface area contributed by atoms with Crippen LogP contribution in [0.2, 0.25) is 0 Å². The molecule has 7 nitrogen and oxygen atoms in total. The number of nitrogens with one attached hydrogen (secondary N) is 1. The molecule has 1 aromatic heterocycles. The van der Waals surface area contributed by atoms with E-state index >= 15 is 0 Å². The van der Waals surface area contributed by atoms with E-state index in [2.05, 4.69) is 16.3 Å². The number of nitrogens with two attached hydrogens (primary N) is 1. The van der Waals surface area contributed by atoms with Gasteiger partial charge in [-0.2, -0.15) is 5.10 Å². The van der Waals surface area contributed by atoms with Crippen LogP contribution in [-0.4, -0.2) is 24.1 Å². The van der Waals surface area contributed by atoms with Crippen LogP contribution in [0.25, 0.3) is 0 Å². The van der Waals surface area contributed by atoms with Crippen LogP contribution in [0.4, 0.5) is 5.82 Å². The maximum Gasteiger partial charge on any atom is 0.243 e. The van der Waals surface area contributed by atoms with Gasteiger partial charge in [0.25, 0.3) is 0 Å². The summed E-state index contributed by atoms with van der Waals surface area (Å²) in [4.78, 5) is 11.4. The number of primary sulfonamides is 1. The van der Waals surface area contributed by atoms with Crippen molar-refractivity contribution in [3.8, 4) is 12.3 Å². The SMILES string of the molecule is C#CCCCCC(=O)Nc1nn(C)cc1S(N)(=O)=O. The van der Waals surface area contributed by atoms with Gasteiger partial charge in [0.05, 0.1) is 0 Å². The van der Waals surface area contributed by atoms with Gasteiger partial charge in [-0.15, -0.1) is 12.3 Å². The fourth-order valence-electron chi connectivity index (χ4n) is 1.47. The molecule has 0 radical (unpaired) electrons. The van der Waals surface area contributed by atoms with Crippen molar-refractivity contribution in [2.45, 2.75) is 30.6 Å². The van der Waals surface area contributed by atoms with Crippen LogP contribution < -0.4 is 10.5 Å². The third-order valence-corrected chi connectivity index (χ3v) is 3.25. The minimum Gasteiger partial charge on any atom is -0.308 e. The Balaban J connectivity index is 2.68. The first-order valence-corrected chi connectivity index (χ1v) is 7.19. The van der Waals surface area contributed by atoms with Gasteiger partial charge >= 0.3 is 0 Å². The van der Waals surface area contributed by atoms with Crippen LogP contribution in [0.5, 0.6) is 0 Å². The first-order chi connectivity index (χ1) is 8.84. The minimum atomic E-state index is -3.91. The molecule has 3 N–H and O–H groups in total. The number of terminal acetylenes is 1. The molecule has 8 heteroatoms. The van der Waals surface area contributed by atoms with Gasteiger partial charge < -0.3 is 5.32 Å². The van der Waals surface area contributed by atoms with Gasteiger partial charge in [0.2, 0.25) is 15.9 Å². The van der Waals surface area contributed by atoms with E-state index in [1.54, 1.807) is 0 Å². The number of amides is 1. The van der Waals surface area contributed by atoms with Gasteiger partial charge in [0.15, 0.2) is 5.82 Å². The lowest BCUT2D eigenvalue weighted by Gasteiger charge is -2.03. The van der Waals surface area contributed by atoms with Gasteiger partial charge in [-0.05, 0) is 12.8 Å². The minimum absolute atomic E-state index is 0.0491. The average molecular weight is 284 g/mol. The first kappa shape index (κ1) is 15.2. The molecule has 1 amide bonds. The highest BCUT2D eigenvalue weighted by Gasteiger charge is 2.19. The quantitative estimate of drug-likeness (QED) is 0.574. The second kappa shape index (κ2) is 6.36. The summed E-state index contributed by atoms with van der Waals surface area (Å²) in [7, 11) is -2.37. The summed E-state index contributed by atoms with van der Waals surface area (Å²) in [6.45, 7) is 0. The van der Waals surface area contributed by atoms with E-state index in [-0.39, 0.29) is 23.0 Å². The highest BCUT2D eigenvalue weighted by Crippen LogP contribution is 2.17. The van der Waals surface area contributed by atoms with Crippen LogP contribution in [0, 0.1) is 12.3 Å². The molecule has 0 spiro atoms. The molecule has 0 aromatic carbocycles. The molecule has 0 aliphatic rings. The highest BCUT2D eigenvalue weighted by molar-refractivity contribution is 7.89. The van der Waals surface area contributed by atoms with Crippen molar-refractivity contribution in [3.05, 3.63) is 6.20 Å². The second-order valence-corrected chi connectivity index (χ2v) is 5.55. The molecule has 1 aromatic rings.